The number of carbonyl (C=O) groups excluding carboxylic acids is 1. The monoisotopic (exact) mass is 389 g/mol. The quantitative estimate of drug-likeness (QED) is 0.739. The largest absolute Gasteiger partial charge is 0.347 e. The summed E-state index contributed by atoms with van der Waals surface area (Å²) in [5.74, 6) is -1.19. The third-order valence-electron chi connectivity index (χ3n) is 5.27. The van der Waals surface area contributed by atoms with Crippen molar-refractivity contribution in [3.63, 3.8) is 0 Å². The average Bonchev–Trinajstić information content (AvgIpc) is 3.14. The molecule has 2 heterocycles. The second kappa shape index (κ2) is 7.68. The van der Waals surface area contributed by atoms with E-state index < -0.39 is 11.6 Å². The van der Waals surface area contributed by atoms with Crippen LogP contribution in [0.5, 0.6) is 0 Å². The van der Waals surface area contributed by atoms with Crippen LogP contribution in [0.1, 0.15) is 34.3 Å². The van der Waals surface area contributed by atoms with Crippen molar-refractivity contribution in [3.8, 4) is 0 Å². The van der Waals surface area contributed by atoms with Gasteiger partial charge >= 0.3 is 0 Å². The lowest BCUT2D eigenvalue weighted by molar-refractivity contribution is -0.185. The van der Waals surface area contributed by atoms with E-state index in [4.69, 9.17) is 21.1 Å². The molecule has 0 aromatic heterocycles. The predicted molar refractivity (Wildman–Crippen MR) is 100 cm³/mol. The summed E-state index contributed by atoms with van der Waals surface area (Å²) < 4.78 is 25.3. The lowest BCUT2D eigenvalue weighted by atomic mass is 9.96. The van der Waals surface area contributed by atoms with Gasteiger partial charge in [0.1, 0.15) is 5.82 Å². The predicted octanol–water partition coefficient (Wildman–Crippen LogP) is 4.05. The van der Waals surface area contributed by atoms with Gasteiger partial charge in [0.05, 0.1) is 18.2 Å². The molecule has 27 heavy (non-hydrogen) atoms. The molecule has 2 saturated heterocycles. The van der Waals surface area contributed by atoms with E-state index in [2.05, 4.69) is 4.90 Å². The van der Waals surface area contributed by atoms with Crippen LogP contribution in [0, 0.1) is 5.82 Å². The molecule has 2 aromatic rings. The Morgan fingerprint density at radius 2 is 1.81 bits per heavy atom. The van der Waals surface area contributed by atoms with Gasteiger partial charge in [-0.3, -0.25) is 9.69 Å². The number of nitrogens with zero attached hydrogens (tertiary/aromatic N) is 1. The van der Waals surface area contributed by atoms with Crippen LogP contribution in [0.4, 0.5) is 4.39 Å². The van der Waals surface area contributed by atoms with Crippen LogP contribution in [0.25, 0.3) is 0 Å². The summed E-state index contributed by atoms with van der Waals surface area (Å²) in [5.41, 5.74) is 1.82. The number of halogens is 2. The number of carbonyl (C=O) groups is 1. The number of hydrogen-bond acceptors (Lipinski definition) is 4. The van der Waals surface area contributed by atoms with Crippen LogP contribution in [-0.2, 0) is 16.0 Å². The second-order valence-electron chi connectivity index (χ2n) is 7.00. The van der Waals surface area contributed by atoms with E-state index >= 15 is 0 Å². The molecule has 0 bridgehead atoms. The maximum Gasteiger partial charge on any atom is 0.193 e. The minimum Gasteiger partial charge on any atom is -0.347 e. The number of benzene rings is 2. The summed E-state index contributed by atoms with van der Waals surface area (Å²) in [4.78, 5) is 15.2. The van der Waals surface area contributed by atoms with E-state index in [1.165, 1.54) is 12.1 Å². The van der Waals surface area contributed by atoms with Gasteiger partial charge in [-0.15, -0.1) is 0 Å². The SMILES string of the molecule is O=C(c1ccc(Cl)c(F)c1)c1ccccc1CN1CCC2(CC1)OCCO2. The molecule has 0 N–H and O–H groups in total. The normalized spacial score (nSPS) is 19.5. The lowest BCUT2D eigenvalue weighted by Crippen LogP contribution is -2.44. The minimum atomic E-state index is -0.585. The van der Waals surface area contributed by atoms with E-state index in [0.717, 1.165) is 31.5 Å². The third-order valence-corrected chi connectivity index (χ3v) is 5.58. The lowest BCUT2D eigenvalue weighted by Gasteiger charge is -2.37. The Morgan fingerprint density at radius 3 is 2.52 bits per heavy atom. The number of likely N-dealkylation sites (tertiary alicyclic amines) is 1. The molecule has 0 aliphatic carbocycles. The summed E-state index contributed by atoms with van der Waals surface area (Å²) in [6, 6.07) is 11.7. The topological polar surface area (TPSA) is 38.8 Å². The van der Waals surface area contributed by atoms with Crippen molar-refractivity contribution < 1.29 is 18.7 Å². The fourth-order valence-corrected chi connectivity index (χ4v) is 3.87. The van der Waals surface area contributed by atoms with E-state index in [1.54, 1.807) is 12.1 Å². The summed E-state index contributed by atoms with van der Waals surface area (Å²) >= 11 is 5.73. The third kappa shape index (κ3) is 3.92. The molecule has 2 aliphatic rings. The van der Waals surface area contributed by atoms with Crippen LogP contribution in [-0.4, -0.2) is 42.8 Å². The highest BCUT2D eigenvalue weighted by molar-refractivity contribution is 6.30. The molecular formula is C21H21ClFNO3. The van der Waals surface area contributed by atoms with E-state index in [0.29, 0.717) is 30.9 Å². The van der Waals surface area contributed by atoms with Crippen LogP contribution >= 0.6 is 11.6 Å². The van der Waals surface area contributed by atoms with Crippen molar-refractivity contribution in [2.24, 2.45) is 0 Å². The molecule has 2 fully saturated rings. The fraction of sp³-hybridized carbons (Fsp3) is 0.381. The van der Waals surface area contributed by atoms with E-state index in [1.807, 2.05) is 18.2 Å². The molecule has 6 heteroatoms. The van der Waals surface area contributed by atoms with Gasteiger partial charge in [-0.25, -0.2) is 4.39 Å². The zero-order valence-corrected chi connectivity index (χ0v) is 15.7. The molecule has 0 atom stereocenters. The Bertz CT molecular complexity index is 841. The zero-order chi connectivity index (χ0) is 18.9. The fourth-order valence-electron chi connectivity index (χ4n) is 3.75. The van der Waals surface area contributed by atoms with Gasteiger partial charge < -0.3 is 9.47 Å². The Hall–Kier alpha value is -1.79. The molecular weight excluding hydrogens is 369 g/mol. The first-order valence-corrected chi connectivity index (χ1v) is 9.52. The van der Waals surface area contributed by atoms with Gasteiger partial charge in [-0.2, -0.15) is 0 Å². The van der Waals surface area contributed by atoms with Crippen LogP contribution in [0.3, 0.4) is 0 Å². The maximum atomic E-state index is 13.8. The summed E-state index contributed by atoms with van der Waals surface area (Å²) in [6.45, 7) is 3.67. The van der Waals surface area contributed by atoms with Crippen molar-refractivity contribution in [1.82, 2.24) is 4.90 Å². The summed E-state index contributed by atoms with van der Waals surface area (Å²) in [7, 11) is 0. The first-order chi connectivity index (χ1) is 13.1. The van der Waals surface area contributed by atoms with E-state index in [-0.39, 0.29) is 10.8 Å². The van der Waals surface area contributed by atoms with Gasteiger partial charge in [0.15, 0.2) is 11.6 Å². The molecule has 2 aliphatic heterocycles. The van der Waals surface area contributed by atoms with Crippen molar-refractivity contribution in [2.75, 3.05) is 26.3 Å². The Morgan fingerprint density at radius 1 is 1.11 bits per heavy atom. The zero-order valence-electron chi connectivity index (χ0n) is 14.9. The maximum absolute atomic E-state index is 13.8. The van der Waals surface area contributed by atoms with Crippen molar-refractivity contribution in [3.05, 3.63) is 70.0 Å². The number of ether oxygens (including phenoxy) is 2. The number of hydrogen-bond donors (Lipinski definition) is 0. The van der Waals surface area contributed by atoms with E-state index in [9.17, 15) is 9.18 Å². The van der Waals surface area contributed by atoms with Gasteiger partial charge in [0.2, 0.25) is 0 Å². The molecule has 2 aromatic carbocycles. The van der Waals surface area contributed by atoms with Gasteiger partial charge in [-0.1, -0.05) is 35.9 Å². The molecule has 1 spiro atoms. The van der Waals surface area contributed by atoms with Crippen molar-refractivity contribution >= 4 is 17.4 Å². The number of ketones is 1. The van der Waals surface area contributed by atoms with Crippen LogP contribution in [0.2, 0.25) is 5.02 Å². The van der Waals surface area contributed by atoms with Crippen molar-refractivity contribution in [2.45, 2.75) is 25.2 Å². The standard InChI is InChI=1S/C21H21ClFNO3/c22-18-6-5-15(13-19(18)23)20(25)17-4-2-1-3-16(17)14-24-9-7-21(8-10-24)26-11-12-27-21/h1-6,13H,7-12,14H2. The summed E-state index contributed by atoms with van der Waals surface area (Å²) in [5, 5.41) is 0.0124. The highest BCUT2D eigenvalue weighted by Gasteiger charge is 2.39. The second-order valence-corrected chi connectivity index (χ2v) is 7.41. The molecule has 0 saturated carbocycles. The van der Waals surface area contributed by atoms with Gasteiger partial charge in [-0.05, 0) is 23.8 Å². The first kappa shape index (κ1) is 18.6. The Balaban J connectivity index is 1.49. The molecule has 0 amide bonds. The Labute approximate surface area is 162 Å². The highest BCUT2D eigenvalue weighted by atomic mass is 35.5. The van der Waals surface area contributed by atoms with Crippen LogP contribution in [0.15, 0.2) is 42.5 Å². The van der Waals surface area contributed by atoms with Gasteiger partial charge in [0.25, 0.3) is 0 Å². The molecule has 0 radical (unpaired) electrons. The Kier molecular flexibility index (Phi) is 5.28. The molecule has 4 nitrogen and oxygen atoms in total. The number of piperidine rings is 1. The number of rotatable bonds is 4. The molecule has 4 rings (SSSR count). The van der Waals surface area contributed by atoms with Crippen molar-refractivity contribution in [1.29, 1.82) is 0 Å². The first-order valence-electron chi connectivity index (χ1n) is 9.14. The minimum absolute atomic E-state index is 0.0124. The molecule has 142 valence electrons. The summed E-state index contributed by atoms with van der Waals surface area (Å²) in [6.07, 6.45) is 1.65. The molecule has 0 unspecified atom stereocenters. The highest BCUT2D eigenvalue weighted by Crippen LogP contribution is 2.32. The van der Waals surface area contributed by atoms with Crippen LogP contribution < -0.4 is 0 Å². The smallest absolute Gasteiger partial charge is 0.193 e. The van der Waals surface area contributed by atoms with Gasteiger partial charge in [0, 0.05) is 43.6 Å². The average molecular weight is 390 g/mol.